The highest BCUT2D eigenvalue weighted by molar-refractivity contribution is 9.10. The SMILES string of the molecule is CN(Cc1cccc(Br)c1)C(=O)Cc1ccc(C#N)cc1. The van der Waals surface area contributed by atoms with E-state index in [1.54, 1.807) is 24.1 Å². The Morgan fingerprint density at radius 3 is 2.52 bits per heavy atom. The van der Waals surface area contributed by atoms with Crippen molar-refractivity contribution in [3.63, 3.8) is 0 Å². The van der Waals surface area contributed by atoms with Gasteiger partial charge in [-0.2, -0.15) is 5.26 Å². The van der Waals surface area contributed by atoms with Crippen molar-refractivity contribution < 1.29 is 4.79 Å². The van der Waals surface area contributed by atoms with Gasteiger partial charge in [-0.25, -0.2) is 0 Å². The first kappa shape index (κ1) is 15.3. The minimum Gasteiger partial charge on any atom is -0.341 e. The average molecular weight is 343 g/mol. The van der Waals surface area contributed by atoms with E-state index in [-0.39, 0.29) is 5.91 Å². The normalized spacial score (nSPS) is 9.95. The van der Waals surface area contributed by atoms with Gasteiger partial charge in [0.05, 0.1) is 18.1 Å². The van der Waals surface area contributed by atoms with Crippen molar-refractivity contribution in [3.8, 4) is 6.07 Å². The summed E-state index contributed by atoms with van der Waals surface area (Å²) in [7, 11) is 1.80. The Morgan fingerprint density at radius 1 is 1.19 bits per heavy atom. The van der Waals surface area contributed by atoms with E-state index in [1.807, 2.05) is 36.4 Å². The van der Waals surface area contributed by atoms with E-state index in [0.29, 0.717) is 18.5 Å². The van der Waals surface area contributed by atoms with Gasteiger partial charge < -0.3 is 4.90 Å². The number of carbonyl (C=O) groups is 1. The Morgan fingerprint density at radius 2 is 1.90 bits per heavy atom. The third kappa shape index (κ3) is 4.44. The van der Waals surface area contributed by atoms with Crippen LogP contribution in [0.15, 0.2) is 53.0 Å². The lowest BCUT2D eigenvalue weighted by molar-refractivity contribution is -0.129. The van der Waals surface area contributed by atoms with Crippen LogP contribution in [0.4, 0.5) is 0 Å². The Hall–Kier alpha value is -2.12. The Labute approximate surface area is 132 Å². The highest BCUT2D eigenvalue weighted by Crippen LogP contribution is 2.13. The van der Waals surface area contributed by atoms with E-state index in [0.717, 1.165) is 15.6 Å². The molecular formula is C17H15BrN2O. The second kappa shape index (κ2) is 7.05. The van der Waals surface area contributed by atoms with Crippen LogP contribution in [0.1, 0.15) is 16.7 Å². The summed E-state index contributed by atoms with van der Waals surface area (Å²) in [5.41, 5.74) is 2.61. The van der Waals surface area contributed by atoms with E-state index in [2.05, 4.69) is 22.0 Å². The summed E-state index contributed by atoms with van der Waals surface area (Å²) in [6.45, 7) is 0.578. The molecule has 3 nitrogen and oxygen atoms in total. The number of benzene rings is 2. The first-order chi connectivity index (χ1) is 10.1. The quantitative estimate of drug-likeness (QED) is 0.853. The first-order valence-electron chi connectivity index (χ1n) is 6.56. The van der Waals surface area contributed by atoms with Gasteiger partial charge >= 0.3 is 0 Å². The number of carbonyl (C=O) groups excluding carboxylic acids is 1. The molecule has 0 radical (unpaired) electrons. The highest BCUT2D eigenvalue weighted by atomic mass is 79.9. The molecular weight excluding hydrogens is 328 g/mol. The molecule has 0 bridgehead atoms. The van der Waals surface area contributed by atoms with Crippen molar-refractivity contribution in [3.05, 3.63) is 69.7 Å². The topological polar surface area (TPSA) is 44.1 Å². The molecule has 0 unspecified atom stereocenters. The van der Waals surface area contributed by atoms with Crippen molar-refractivity contribution in [1.29, 1.82) is 5.26 Å². The number of nitrogens with zero attached hydrogens (tertiary/aromatic N) is 2. The van der Waals surface area contributed by atoms with E-state index in [9.17, 15) is 4.79 Å². The van der Waals surface area contributed by atoms with Gasteiger partial charge in [-0.15, -0.1) is 0 Å². The minimum atomic E-state index is 0.0553. The van der Waals surface area contributed by atoms with Gasteiger partial charge in [-0.1, -0.05) is 40.2 Å². The molecule has 0 heterocycles. The van der Waals surface area contributed by atoms with Crippen LogP contribution in [0.2, 0.25) is 0 Å². The average Bonchev–Trinajstić information content (AvgIpc) is 2.48. The molecule has 0 aromatic heterocycles. The number of nitriles is 1. The minimum absolute atomic E-state index is 0.0553. The standard InChI is InChI=1S/C17H15BrN2O/c1-20(12-15-3-2-4-16(18)9-15)17(21)10-13-5-7-14(11-19)8-6-13/h2-9H,10,12H2,1H3. The van der Waals surface area contributed by atoms with Crippen LogP contribution < -0.4 is 0 Å². The van der Waals surface area contributed by atoms with Crippen LogP contribution in [-0.4, -0.2) is 17.9 Å². The molecule has 21 heavy (non-hydrogen) atoms. The van der Waals surface area contributed by atoms with Crippen molar-refractivity contribution >= 4 is 21.8 Å². The van der Waals surface area contributed by atoms with E-state index >= 15 is 0 Å². The molecule has 0 atom stereocenters. The molecule has 0 saturated carbocycles. The first-order valence-corrected chi connectivity index (χ1v) is 7.35. The molecule has 0 aliphatic carbocycles. The Balaban J connectivity index is 1.97. The van der Waals surface area contributed by atoms with Gasteiger partial charge in [-0.3, -0.25) is 4.79 Å². The van der Waals surface area contributed by atoms with Crippen LogP contribution in [0, 0.1) is 11.3 Å². The third-order valence-corrected chi connectivity index (χ3v) is 3.67. The second-order valence-electron chi connectivity index (χ2n) is 4.87. The second-order valence-corrected chi connectivity index (χ2v) is 5.78. The zero-order chi connectivity index (χ0) is 15.2. The summed E-state index contributed by atoms with van der Waals surface area (Å²) in [6, 6.07) is 17.1. The highest BCUT2D eigenvalue weighted by Gasteiger charge is 2.10. The maximum atomic E-state index is 12.2. The molecule has 1 amide bonds. The molecule has 0 aliphatic rings. The van der Waals surface area contributed by atoms with Crippen molar-refractivity contribution in [2.45, 2.75) is 13.0 Å². The summed E-state index contributed by atoms with van der Waals surface area (Å²) in [5.74, 6) is 0.0553. The summed E-state index contributed by atoms with van der Waals surface area (Å²) >= 11 is 3.43. The monoisotopic (exact) mass is 342 g/mol. The predicted octanol–water partition coefficient (Wildman–Crippen LogP) is 3.52. The van der Waals surface area contributed by atoms with Gasteiger partial charge in [0.15, 0.2) is 0 Å². The largest absolute Gasteiger partial charge is 0.341 e. The van der Waals surface area contributed by atoms with Crippen molar-refractivity contribution in [2.75, 3.05) is 7.05 Å². The summed E-state index contributed by atoms with van der Waals surface area (Å²) in [6.07, 6.45) is 0.343. The number of likely N-dealkylation sites (N-methyl/N-ethyl adjacent to an activating group) is 1. The van der Waals surface area contributed by atoms with Gasteiger partial charge in [0.25, 0.3) is 0 Å². The van der Waals surface area contributed by atoms with Crippen LogP contribution >= 0.6 is 15.9 Å². The van der Waals surface area contributed by atoms with E-state index in [4.69, 9.17) is 5.26 Å². The number of amides is 1. The number of halogens is 1. The van der Waals surface area contributed by atoms with E-state index in [1.165, 1.54) is 0 Å². The maximum absolute atomic E-state index is 12.2. The zero-order valence-electron chi connectivity index (χ0n) is 11.7. The van der Waals surface area contributed by atoms with Gasteiger partial charge in [-0.05, 0) is 35.4 Å². The van der Waals surface area contributed by atoms with Crippen molar-refractivity contribution in [1.82, 2.24) is 4.90 Å². The molecule has 0 aliphatic heterocycles. The van der Waals surface area contributed by atoms with Crippen LogP contribution in [-0.2, 0) is 17.8 Å². The van der Waals surface area contributed by atoms with Gasteiger partial charge in [0.2, 0.25) is 5.91 Å². The lowest BCUT2D eigenvalue weighted by Crippen LogP contribution is -2.27. The maximum Gasteiger partial charge on any atom is 0.227 e. The molecule has 0 fully saturated rings. The summed E-state index contributed by atoms with van der Waals surface area (Å²) < 4.78 is 1.01. The molecule has 2 aromatic carbocycles. The van der Waals surface area contributed by atoms with Crippen LogP contribution in [0.3, 0.4) is 0 Å². The number of rotatable bonds is 4. The van der Waals surface area contributed by atoms with Crippen LogP contribution in [0.25, 0.3) is 0 Å². The molecule has 2 rings (SSSR count). The third-order valence-electron chi connectivity index (χ3n) is 3.17. The predicted molar refractivity (Wildman–Crippen MR) is 85.5 cm³/mol. The van der Waals surface area contributed by atoms with Crippen LogP contribution in [0.5, 0.6) is 0 Å². The van der Waals surface area contributed by atoms with E-state index < -0.39 is 0 Å². The lowest BCUT2D eigenvalue weighted by atomic mass is 10.1. The Bertz CT molecular complexity index is 674. The van der Waals surface area contributed by atoms with Gasteiger partial charge in [0.1, 0.15) is 0 Å². The summed E-state index contributed by atoms with van der Waals surface area (Å²) in [5, 5.41) is 8.76. The molecule has 4 heteroatoms. The fourth-order valence-electron chi connectivity index (χ4n) is 2.00. The smallest absolute Gasteiger partial charge is 0.227 e. The number of hydrogen-bond acceptors (Lipinski definition) is 2. The molecule has 2 aromatic rings. The van der Waals surface area contributed by atoms with Crippen molar-refractivity contribution in [2.24, 2.45) is 0 Å². The molecule has 106 valence electrons. The number of hydrogen-bond donors (Lipinski definition) is 0. The fourth-order valence-corrected chi connectivity index (χ4v) is 2.45. The lowest BCUT2D eigenvalue weighted by Gasteiger charge is -2.17. The van der Waals surface area contributed by atoms with Gasteiger partial charge in [0, 0.05) is 18.1 Å². The fraction of sp³-hybridized carbons (Fsp3) is 0.176. The molecule has 0 N–H and O–H groups in total. The molecule has 0 saturated heterocycles. The Kier molecular flexibility index (Phi) is 5.13. The molecule has 0 spiro atoms. The summed E-state index contributed by atoms with van der Waals surface area (Å²) in [4.78, 5) is 13.9. The zero-order valence-corrected chi connectivity index (χ0v) is 13.3.